The highest BCUT2D eigenvalue weighted by molar-refractivity contribution is 5.95. The maximum atomic E-state index is 12.8. The Morgan fingerprint density at radius 3 is 2.06 bits per heavy atom. The summed E-state index contributed by atoms with van der Waals surface area (Å²) in [7, 11) is 0. The summed E-state index contributed by atoms with van der Waals surface area (Å²) in [6.07, 6.45) is 1.08. The summed E-state index contributed by atoms with van der Waals surface area (Å²) in [5, 5.41) is 24.9. The molecule has 4 amide bonds. The van der Waals surface area contributed by atoms with Crippen molar-refractivity contribution in [3.05, 3.63) is 18.2 Å². The lowest BCUT2D eigenvalue weighted by Gasteiger charge is -2.24. The number of nitrogens with zero attached hydrogens (tertiary/aromatic N) is 1. The molecule has 1 aromatic rings. The van der Waals surface area contributed by atoms with Gasteiger partial charge in [0.1, 0.15) is 18.1 Å². The van der Waals surface area contributed by atoms with Gasteiger partial charge in [-0.3, -0.25) is 24.0 Å². The summed E-state index contributed by atoms with van der Waals surface area (Å²) >= 11 is 0. The molecule has 0 aromatic carbocycles. The molecule has 182 valence electrons. The molecule has 0 saturated heterocycles. The quantitative estimate of drug-likeness (QED) is 0.134. The Morgan fingerprint density at radius 2 is 1.58 bits per heavy atom. The first-order valence-corrected chi connectivity index (χ1v) is 9.77. The number of carbonyl (C=O) groups excluding carboxylic acids is 4. The van der Waals surface area contributed by atoms with Crippen molar-refractivity contribution in [3.8, 4) is 0 Å². The monoisotopic (exact) mass is 469 g/mol. The van der Waals surface area contributed by atoms with Gasteiger partial charge in [0.15, 0.2) is 0 Å². The molecule has 0 saturated carbocycles. The number of primary amides is 1. The molecule has 0 bridgehead atoms. The fraction of sp³-hybridized carbons (Fsp3) is 0.500. The maximum Gasteiger partial charge on any atom is 0.326 e. The number of nitrogens with one attached hydrogen (secondary N) is 4. The van der Waals surface area contributed by atoms with Gasteiger partial charge in [0, 0.05) is 24.7 Å². The normalized spacial score (nSPS) is 14.2. The zero-order chi connectivity index (χ0) is 25.1. The molecule has 4 atom stereocenters. The van der Waals surface area contributed by atoms with Crippen LogP contribution in [0, 0.1) is 0 Å². The minimum atomic E-state index is -1.64. The Kier molecular flexibility index (Phi) is 10.4. The summed E-state index contributed by atoms with van der Waals surface area (Å²) < 4.78 is 0. The minimum Gasteiger partial charge on any atom is -0.481 e. The van der Waals surface area contributed by atoms with E-state index >= 15 is 0 Å². The zero-order valence-electron chi connectivity index (χ0n) is 17.7. The van der Waals surface area contributed by atoms with E-state index in [0.29, 0.717) is 5.69 Å². The summed E-state index contributed by atoms with van der Waals surface area (Å²) in [5.41, 5.74) is 10.9. The number of carbonyl (C=O) groups is 6. The van der Waals surface area contributed by atoms with Crippen LogP contribution in [-0.2, 0) is 35.2 Å². The van der Waals surface area contributed by atoms with E-state index in [0.717, 1.165) is 0 Å². The van der Waals surface area contributed by atoms with E-state index in [9.17, 15) is 33.9 Å². The number of aliphatic carboxylic acids is 2. The van der Waals surface area contributed by atoms with E-state index in [2.05, 4.69) is 25.9 Å². The van der Waals surface area contributed by atoms with Crippen LogP contribution in [0.3, 0.4) is 0 Å². The minimum absolute atomic E-state index is 0.159. The average Bonchev–Trinajstić information content (AvgIpc) is 3.22. The molecule has 0 aliphatic heterocycles. The molecule has 33 heavy (non-hydrogen) atoms. The van der Waals surface area contributed by atoms with E-state index < -0.39 is 72.6 Å². The first kappa shape index (κ1) is 27.0. The Hall–Kier alpha value is -4.01. The van der Waals surface area contributed by atoms with Crippen LogP contribution in [0.4, 0.5) is 0 Å². The van der Waals surface area contributed by atoms with Gasteiger partial charge in [-0.15, -0.1) is 0 Å². The third-order valence-electron chi connectivity index (χ3n) is 4.33. The van der Waals surface area contributed by atoms with Crippen molar-refractivity contribution in [1.82, 2.24) is 25.9 Å². The second-order valence-corrected chi connectivity index (χ2v) is 7.19. The van der Waals surface area contributed by atoms with Gasteiger partial charge in [-0.25, -0.2) is 9.78 Å². The molecule has 1 aromatic heterocycles. The van der Waals surface area contributed by atoms with Gasteiger partial charge in [-0.1, -0.05) is 0 Å². The fourth-order valence-electron chi connectivity index (χ4n) is 2.61. The van der Waals surface area contributed by atoms with Crippen LogP contribution in [0.1, 0.15) is 31.9 Å². The van der Waals surface area contributed by atoms with Crippen LogP contribution in [0.2, 0.25) is 0 Å². The Labute approximate surface area is 187 Å². The van der Waals surface area contributed by atoms with Crippen LogP contribution >= 0.6 is 0 Å². The molecule has 0 aliphatic carbocycles. The number of aromatic nitrogens is 2. The topological polar surface area (TPSA) is 260 Å². The fourth-order valence-corrected chi connectivity index (χ4v) is 2.61. The van der Waals surface area contributed by atoms with E-state index in [4.69, 9.17) is 16.6 Å². The molecule has 10 N–H and O–H groups in total. The first-order chi connectivity index (χ1) is 15.4. The summed E-state index contributed by atoms with van der Waals surface area (Å²) in [4.78, 5) is 77.4. The standard InChI is InChI=1S/C18H27N7O8/c1-8(19)15(29)23-10(2-3-14(27)28)16(30)24-11(4-9-6-21-7-22-9)17(31)25-12(18(32)33)5-13(20)26/h6-8,10-12H,2-5,19H2,1H3,(H2,20,26)(H,21,22)(H,23,29)(H,24,30)(H,25,31)(H,27,28)(H,32,33). The number of rotatable bonds is 14. The van der Waals surface area contributed by atoms with E-state index in [1.165, 1.54) is 19.4 Å². The second kappa shape index (κ2) is 12.7. The lowest BCUT2D eigenvalue weighted by atomic mass is 10.1. The third-order valence-corrected chi connectivity index (χ3v) is 4.33. The second-order valence-electron chi connectivity index (χ2n) is 7.19. The van der Waals surface area contributed by atoms with E-state index in [-0.39, 0.29) is 12.8 Å². The van der Waals surface area contributed by atoms with Crippen molar-refractivity contribution < 1.29 is 39.0 Å². The lowest BCUT2D eigenvalue weighted by Crippen LogP contribution is -2.57. The highest BCUT2D eigenvalue weighted by Crippen LogP contribution is 2.05. The predicted octanol–water partition coefficient (Wildman–Crippen LogP) is -3.42. The van der Waals surface area contributed by atoms with E-state index in [1.54, 1.807) is 0 Å². The average molecular weight is 469 g/mol. The van der Waals surface area contributed by atoms with Gasteiger partial charge < -0.3 is 42.6 Å². The van der Waals surface area contributed by atoms with E-state index in [1.807, 2.05) is 0 Å². The summed E-state index contributed by atoms with van der Waals surface area (Å²) in [6, 6.07) is -5.33. The molecule has 4 unspecified atom stereocenters. The molecular formula is C18H27N7O8. The summed E-state index contributed by atoms with van der Waals surface area (Å²) in [6.45, 7) is 1.36. The number of amides is 4. The van der Waals surface area contributed by atoms with Crippen molar-refractivity contribution in [2.24, 2.45) is 11.5 Å². The van der Waals surface area contributed by atoms with Gasteiger partial charge in [0.05, 0.1) is 18.8 Å². The Bertz CT molecular complexity index is 871. The van der Waals surface area contributed by atoms with Crippen LogP contribution in [0.15, 0.2) is 12.5 Å². The Morgan fingerprint density at radius 1 is 1.00 bits per heavy atom. The van der Waals surface area contributed by atoms with Gasteiger partial charge in [0.2, 0.25) is 23.6 Å². The number of nitrogens with two attached hydrogens (primary N) is 2. The smallest absolute Gasteiger partial charge is 0.326 e. The largest absolute Gasteiger partial charge is 0.481 e. The van der Waals surface area contributed by atoms with Gasteiger partial charge in [0.25, 0.3) is 0 Å². The highest BCUT2D eigenvalue weighted by Gasteiger charge is 2.31. The number of hydrogen-bond acceptors (Lipinski definition) is 8. The predicted molar refractivity (Wildman–Crippen MR) is 110 cm³/mol. The molecule has 0 radical (unpaired) electrons. The molecule has 0 fully saturated rings. The number of carboxylic acid groups (broad SMARTS) is 2. The molecule has 1 rings (SSSR count). The number of hydrogen-bond donors (Lipinski definition) is 8. The molecule has 1 heterocycles. The van der Waals surface area contributed by atoms with Crippen LogP contribution in [0.25, 0.3) is 0 Å². The van der Waals surface area contributed by atoms with Crippen LogP contribution < -0.4 is 27.4 Å². The van der Waals surface area contributed by atoms with Crippen molar-refractivity contribution in [3.63, 3.8) is 0 Å². The van der Waals surface area contributed by atoms with Crippen molar-refractivity contribution in [2.75, 3.05) is 0 Å². The van der Waals surface area contributed by atoms with Crippen molar-refractivity contribution in [2.45, 2.75) is 56.8 Å². The molecule has 15 heteroatoms. The molecule has 0 aliphatic rings. The Balaban J connectivity index is 3.07. The van der Waals surface area contributed by atoms with Crippen molar-refractivity contribution in [1.29, 1.82) is 0 Å². The van der Waals surface area contributed by atoms with Gasteiger partial charge in [-0.2, -0.15) is 0 Å². The highest BCUT2D eigenvalue weighted by atomic mass is 16.4. The SMILES string of the molecule is CC(N)C(=O)NC(CCC(=O)O)C(=O)NC(Cc1cnc[nH]1)C(=O)NC(CC(N)=O)C(=O)O. The molecule has 0 spiro atoms. The first-order valence-electron chi connectivity index (χ1n) is 9.77. The lowest BCUT2D eigenvalue weighted by molar-refractivity contribution is -0.143. The zero-order valence-corrected chi connectivity index (χ0v) is 17.7. The summed E-state index contributed by atoms with van der Waals surface area (Å²) in [5.74, 6) is -6.27. The maximum absolute atomic E-state index is 12.8. The van der Waals surface area contributed by atoms with Crippen LogP contribution in [0.5, 0.6) is 0 Å². The number of carboxylic acids is 2. The van der Waals surface area contributed by atoms with Gasteiger partial charge >= 0.3 is 11.9 Å². The van der Waals surface area contributed by atoms with Gasteiger partial charge in [-0.05, 0) is 13.3 Å². The number of imidazole rings is 1. The molecule has 15 nitrogen and oxygen atoms in total. The number of H-pyrrole nitrogens is 1. The third kappa shape index (κ3) is 9.77. The van der Waals surface area contributed by atoms with Crippen molar-refractivity contribution >= 4 is 35.6 Å². The number of aromatic amines is 1. The molecular weight excluding hydrogens is 442 g/mol. The van der Waals surface area contributed by atoms with Crippen LogP contribution in [-0.4, -0.2) is 79.9 Å².